The summed E-state index contributed by atoms with van der Waals surface area (Å²) in [5.41, 5.74) is 0.772. The molecule has 1 aromatic heterocycles. The molecule has 8 heteroatoms. The maximum absolute atomic E-state index is 13.2. The molecule has 1 aliphatic heterocycles. The van der Waals surface area contributed by atoms with Crippen molar-refractivity contribution in [2.24, 2.45) is 0 Å². The van der Waals surface area contributed by atoms with Gasteiger partial charge in [-0.3, -0.25) is 14.6 Å². The van der Waals surface area contributed by atoms with Gasteiger partial charge in [-0.25, -0.2) is 4.98 Å². The van der Waals surface area contributed by atoms with Crippen LogP contribution >= 0.6 is 34.7 Å². The molecule has 3 aromatic rings. The Bertz CT molecular complexity index is 993. The third kappa shape index (κ3) is 6.20. The Morgan fingerprint density at radius 1 is 1.16 bits per heavy atom. The van der Waals surface area contributed by atoms with Crippen molar-refractivity contribution in [1.29, 1.82) is 0 Å². The lowest BCUT2D eigenvalue weighted by Gasteiger charge is -2.27. The Balaban J connectivity index is 1.42. The fourth-order valence-corrected chi connectivity index (χ4v) is 5.70. The molecular weight excluding hydrogens is 450 g/mol. The molecule has 2 aromatic carbocycles. The first-order valence-electron chi connectivity index (χ1n) is 10.5. The lowest BCUT2D eigenvalue weighted by atomic mass is 10.3. The molecule has 164 valence electrons. The number of thioether (sulfide) groups is 1. The van der Waals surface area contributed by atoms with E-state index in [-0.39, 0.29) is 5.91 Å². The molecule has 0 atom stereocenters. The summed E-state index contributed by atoms with van der Waals surface area (Å²) in [4.78, 5) is 23.3. The van der Waals surface area contributed by atoms with Gasteiger partial charge >= 0.3 is 0 Å². The van der Waals surface area contributed by atoms with Gasteiger partial charge in [0.15, 0.2) is 5.13 Å². The van der Waals surface area contributed by atoms with Gasteiger partial charge < -0.3 is 4.74 Å². The summed E-state index contributed by atoms with van der Waals surface area (Å²) >= 11 is 9.57. The summed E-state index contributed by atoms with van der Waals surface area (Å²) in [5.74, 6) is 0.856. The molecule has 2 heterocycles. The average molecular weight is 476 g/mol. The normalized spacial score (nSPS) is 14.7. The fourth-order valence-electron chi connectivity index (χ4n) is 3.53. The Hall–Kier alpha value is -1.64. The van der Waals surface area contributed by atoms with Crippen molar-refractivity contribution in [3.63, 3.8) is 0 Å². The lowest BCUT2D eigenvalue weighted by Crippen LogP contribution is -2.39. The van der Waals surface area contributed by atoms with Gasteiger partial charge in [0, 0.05) is 43.2 Å². The second kappa shape index (κ2) is 11.3. The van der Waals surface area contributed by atoms with Crippen molar-refractivity contribution in [2.45, 2.75) is 17.7 Å². The average Bonchev–Trinajstić information content (AvgIpc) is 3.23. The molecule has 4 rings (SSSR count). The van der Waals surface area contributed by atoms with Crippen LogP contribution in [0.15, 0.2) is 53.4 Å². The molecule has 0 aliphatic carbocycles. The Morgan fingerprint density at radius 2 is 1.97 bits per heavy atom. The molecule has 1 amide bonds. The highest BCUT2D eigenvalue weighted by molar-refractivity contribution is 7.99. The molecule has 5 nitrogen and oxygen atoms in total. The third-order valence-electron chi connectivity index (χ3n) is 5.18. The van der Waals surface area contributed by atoms with E-state index in [1.165, 1.54) is 16.2 Å². The molecule has 0 N–H and O–H groups in total. The van der Waals surface area contributed by atoms with Gasteiger partial charge in [0.1, 0.15) is 5.52 Å². The van der Waals surface area contributed by atoms with E-state index in [1.807, 2.05) is 41.3 Å². The van der Waals surface area contributed by atoms with Gasteiger partial charge in [0.05, 0.1) is 22.9 Å². The van der Waals surface area contributed by atoms with Crippen molar-refractivity contribution < 1.29 is 9.53 Å². The summed E-state index contributed by atoms with van der Waals surface area (Å²) in [6, 6.07) is 16.0. The van der Waals surface area contributed by atoms with Crippen molar-refractivity contribution in [3.05, 3.63) is 53.6 Å². The van der Waals surface area contributed by atoms with Gasteiger partial charge in [-0.15, -0.1) is 11.8 Å². The molecule has 1 saturated heterocycles. The Labute approximate surface area is 196 Å². The second-order valence-electron chi connectivity index (χ2n) is 7.35. The third-order valence-corrected chi connectivity index (χ3v) is 7.54. The molecule has 0 saturated carbocycles. The van der Waals surface area contributed by atoms with Crippen LogP contribution in [-0.4, -0.2) is 60.9 Å². The van der Waals surface area contributed by atoms with E-state index in [0.717, 1.165) is 60.4 Å². The van der Waals surface area contributed by atoms with Crippen molar-refractivity contribution >= 4 is 56.0 Å². The van der Waals surface area contributed by atoms with Crippen LogP contribution in [0.25, 0.3) is 10.2 Å². The molecule has 0 spiro atoms. The number of thiazole rings is 1. The van der Waals surface area contributed by atoms with Crippen LogP contribution in [0.2, 0.25) is 5.02 Å². The van der Waals surface area contributed by atoms with E-state index >= 15 is 0 Å². The van der Waals surface area contributed by atoms with Gasteiger partial charge in [-0.2, -0.15) is 0 Å². The van der Waals surface area contributed by atoms with E-state index < -0.39 is 0 Å². The van der Waals surface area contributed by atoms with Crippen LogP contribution in [-0.2, 0) is 9.53 Å². The molecule has 1 aliphatic rings. The number of para-hydroxylation sites is 1. The van der Waals surface area contributed by atoms with Crippen LogP contribution in [0.5, 0.6) is 0 Å². The largest absolute Gasteiger partial charge is 0.379 e. The lowest BCUT2D eigenvalue weighted by molar-refractivity contribution is -0.118. The topological polar surface area (TPSA) is 45.7 Å². The summed E-state index contributed by atoms with van der Waals surface area (Å²) < 4.78 is 6.44. The first-order valence-corrected chi connectivity index (χ1v) is 12.7. The van der Waals surface area contributed by atoms with Gasteiger partial charge in [0.25, 0.3) is 0 Å². The summed E-state index contributed by atoms with van der Waals surface area (Å²) in [7, 11) is 0. The molecule has 1 fully saturated rings. The minimum Gasteiger partial charge on any atom is -0.379 e. The number of ether oxygens (including phenoxy) is 1. The zero-order chi connectivity index (χ0) is 21.5. The quantitative estimate of drug-likeness (QED) is 0.398. The van der Waals surface area contributed by atoms with E-state index in [0.29, 0.717) is 18.0 Å². The molecule has 0 radical (unpaired) electrons. The number of anilines is 1. The number of carbonyl (C=O) groups excluding carboxylic acids is 1. The van der Waals surface area contributed by atoms with E-state index in [4.69, 9.17) is 21.3 Å². The minimum absolute atomic E-state index is 0.112. The molecule has 0 unspecified atom stereocenters. The number of hydrogen-bond acceptors (Lipinski definition) is 6. The number of benzene rings is 2. The van der Waals surface area contributed by atoms with Gasteiger partial charge in [-0.05, 0) is 30.7 Å². The number of rotatable bonds is 9. The van der Waals surface area contributed by atoms with Crippen LogP contribution in [0, 0.1) is 0 Å². The highest BCUT2D eigenvalue weighted by Gasteiger charge is 2.21. The molecule has 31 heavy (non-hydrogen) atoms. The predicted molar refractivity (Wildman–Crippen MR) is 131 cm³/mol. The van der Waals surface area contributed by atoms with E-state index in [1.54, 1.807) is 11.8 Å². The zero-order valence-electron chi connectivity index (χ0n) is 17.3. The SMILES string of the molecule is O=C(CCSc1ccccc1)N(CCCN1CCOCC1)c1nc2c(Cl)cccc2s1. The van der Waals surface area contributed by atoms with Crippen LogP contribution in [0.4, 0.5) is 5.13 Å². The van der Waals surface area contributed by atoms with Gasteiger partial charge in [-0.1, -0.05) is 47.2 Å². The van der Waals surface area contributed by atoms with Crippen molar-refractivity contribution in [2.75, 3.05) is 50.0 Å². The highest BCUT2D eigenvalue weighted by Crippen LogP contribution is 2.33. The summed E-state index contributed by atoms with van der Waals surface area (Å²) in [6.07, 6.45) is 1.38. The maximum Gasteiger partial charge on any atom is 0.229 e. The number of hydrogen-bond donors (Lipinski definition) is 0. The molecular formula is C23H26ClN3O2S2. The second-order valence-corrected chi connectivity index (χ2v) is 9.93. The van der Waals surface area contributed by atoms with Crippen molar-refractivity contribution in [3.8, 4) is 0 Å². The molecule has 0 bridgehead atoms. The number of carbonyl (C=O) groups is 1. The number of fused-ring (bicyclic) bond motifs is 1. The monoisotopic (exact) mass is 475 g/mol. The maximum atomic E-state index is 13.2. The first kappa shape index (κ1) is 22.6. The van der Waals surface area contributed by atoms with Crippen LogP contribution in [0.1, 0.15) is 12.8 Å². The predicted octanol–water partition coefficient (Wildman–Crippen LogP) is 5.19. The number of aromatic nitrogens is 1. The fraction of sp³-hybridized carbons (Fsp3) is 0.391. The summed E-state index contributed by atoms with van der Waals surface area (Å²) in [5, 5.41) is 1.36. The number of nitrogens with zero attached hydrogens (tertiary/aromatic N) is 3. The van der Waals surface area contributed by atoms with E-state index in [2.05, 4.69) is 17.0 Å². The Kier molecular flexibility index (Phi) is 8.21. The standard InChI is InChI=1S/C23H26ClN3O2S2/c24-19-8-4-9-20-22(19)25-23(31-20)27(12-5-11-26-13-15-29-16-14-26)21(28)10-17-30-18-6-2-1-3-7-18/h1-4,6-9H,5,10-17H2. The number of morpholine rings is 1. The smallest absolute Gasteiger partial charge is 0.229 e. The van der Waals surface area contributed by atoms with Gasteiger partial charge in [0.2, 0.25) is 5.91 Å². The Morgan fingerprint density at radius 3 is 2.74 bits per heavy atom. The number of amides is 1. The highest BCUT2D eigenvalue weighted by atomic mass is 35.5. The van der Waals surface area contributed by atoms with Crippen LogP contribution < -0.4 is 4.90 Å². The number of halogens is 1. The minimum atomic E-state index is 0.112. The van der Waals surface area contributed by atoms with Crippen LogP contribution in [0.3, 0.4) is 0 Å². The zero-order valence-corrected chi connectivity index (χ0v) is 19.7. The van der Waals surface area contributed by atoms with Crippen molar-refractivity contribution in [1.82, 2.24) is 9.88 Å². The first-order chi connectivity index (χ1) is 15.2. The van der Waals surface area contributed by atoms with E-state index in [9.17, 15) is 4.79 Å². The summed E-state index contributed by atoms with van der Waals surface area (Å²) in [6.45, 7) is 5.10.